The lowest BCUT2D eigenvalue weighted by atomic mass is 9.53. The van der Waals surface area contributed by atoms with Crippen LogP contribution in [0.5, 0.6) is 0 Å². The number of hydrogen-bond donors (Lipinski definition) is 3. The maximum absolute atomic E-state index is 10.3. The quantitative estimate of drug-likeness (QED) is 0.591. The second-order valence-electron chi connectivity index (χ2n) is 11.9. The molecule has 3 N–H and O–H groups in total. The van der Waals surface area contributed by atoms with Crippen molar-refractivity contribution < 1.29 is 10.2 Å². The van der Waals surface area contributed by atoms with Crippen molar-refractivity contribution in [2.45, 2.75) is 90.7 Å². The van der Waals surface area contributed by atoms with Gasteiger partial charge in [-0.05, 0) is 107 Å². The summed E-state index contributed by atoms with van der Waals surface area (Å²) in [5, 5.41) is 24.5. The molecule has 5 unspecified atom stereocenters. The molecule has 4 aliphatic rings. The molecule has 4 heteroatoms. The lowest BCUT2D eigenvalue weighted by Gasteiger charge is -2.53. The fourth-order valence-electron chi connectivity index (χ4n) is 7.57. The van der Waals surface area contributed by atoms with E-state index in [2.05, 4.69) is 38.0 Å². The lowest BCUT2D eigenvalue weighted by molar-refractivity contribution is -0.0586. The van der Waals surface area contributed by atoms with E-state index in [0.29, 0.717) is 23.3 Å². The fourth-order valence-corrected chi connectivity index (χ4v) is 7.57. The van der Waals surface area contributed by atoms with Crippen LogP contribution in [-0.4, -0.2) is 60.5 Å². The molecule has 0 radical (unpaired) electrons. The Labute approximate surface area is 184 Å². The van der Waals surface area contributed by atoms with E-state index in [9.17, 15) is 10.2 Å². The normalized spacial score (nSPS) is 40.6. The van der Waals surface area contributed by atoms with Crippen LogP contribution in [0.25, 0.3) is 0 Å². The number of aliphatic hydroxyl groups excluding tert-OH is 2. The smallest absolute Gasteiger partial charge is 0.0544 e. The zero-order valence-corrected chi connectivity index (χ0v) is 19.9. The van der Waals surface area contributed by atoms with E-state index in [-0.39, 0.29) is 24.0 Å². The van der Waals surface area contributed by atoms with Gasteiger partial charge in [-0.2, -0.15) is 0 Å². The van der Waals surface area contributed by atoms with Crippen LogP contribution in [0, 0.1) is 28.6 Å². The summed E-state index contributed by atoms with van der Waals surface area (Å²) in [6.45, 7) is 11.1. The first-order valence-electron chi connectivity index (χ1n) is 12.7. The van der Waals surface area contributed by atoms with Crippen molar-refractivity contribution in [1.82, 2.24) is 10.2 Å². The third-order valence-corrected chi connectivity index (χ3v) is 9.78. The minimum absolute atomic E-state index is 0.137. The Morgan fingerprint density at radius 2 is 1.77 bits per heavy atom. The van der Waals surface area contributed by atoms with E-state index in [1.165, 1.54) is 51.6 Å². The van der Waals surface area contributed by atoms with E-state index in [0.717, 1.165) is 25.8 Å². The fraction of sp³-hybridized carbons (Fsp3) is 0.923. The van der Waals surface area contributed by atoms with Gasteiger partial charge in [0.1, 0.15) is 0 Å². The van der Waals surface area contributed by atoms with Gasteiger partial charge in [0.25, 0.3) is 0 Å². The zero-order chi connectivity index (χ0) is 21.5. The van der Waals surface area contributed by atoms with Crippen LogP contribution in [0.3, 0.4) is 0 Å². The van der Waals surface area contributed by atoms with Gasteiger partial charge in [-0.3, -0.25) is 0 Å². The molecule has 1 saturated heterocycles. The van der Waals surface area contributed by atoms with Gasteiger partial charge in [0.05, 0.1) is 6.10 Å². The van der Waals surface area contributed by atoms with Gasteiger partial charge in [0, 0.05) is 19.2 Å². The van der Waals surface area contributed by atoms with Crippen molar-refractivity contribution in [3.8, 4) is 0 Å². The lowest BCUT2D eigenvalue weighted by Crippen LogP contribution is -2.50. The molecule has 172 valence electrons. The summed E-state index contributed by atoms with van der Waals surface area (Å²) in [4.78, 5) is 2.45. The largest absolute Gasteiger partial charge is 0.396 e. The minimum Gasteiger partial charge on any atom is -0.396 e. The standard InChI is InChI=1S/C26H46N2O2/c1-25(2)11-8-21-22(16-27-19-9-13-28(4)14-10-19)24(6-5-23(21)25)26(3)12-7-20(30)15-18(26)17-29/h18-20,22,24,27,29-30H,5-17H2,1-4H3. The van der Waals surface area contributed by atoms with E-state index >= 15 is 0 Å². The Morgan fingerprint density at radius 1 is 1.03 bits per heavy atom. The molecule has 4 rings (SSSR count). The first kappa shape index (κ1) is 22.8. The number of piperidine rings is 1. The predicted molar refractivity (Wildman–Crippen MR) is 123 cm³/mol. The second-order valence-corrected chi connectivity index (χ2v) is 11.9. The van der Waals surface area contributed by atoms with Crippen LogP contribution >= 0.6 is 0 Å². The topological polar surface area (TPSA) is 55.7 Å². The van der Waals surface area contributed by atoms with Crippen LogP contribution in [0.4, 0.5) is 0 Å². The first-order chi connectivity index (χ1) is 14.2. The third-order valence-electron chi connectivity index (χ3n) is 9.78. The second kappa shape index (κ2) is 8.84. The molecule has 30 heavy (non-hydrogen) atoms. The van der Waals surface area contributed by atoms with Crippen molar-refractivity contribution in [3.63, 3.8) is 0 Å². The number of likely N-dealkylation sites (tertiary alicyclic amines) is 1. The highest BCUT2D eigenvalue weighted by Gasteiger charge is 2.51. The maximum atomic E-state index is 10.3. The monoisotopic (exact) mass is 418 g/mol. The van der Waals surface area contributed by atoms with Crippen LogP contribution < -0.4 is 5.32 Å². The van der Waals surface area contributed by atoms with Crippen LogP contribution in [-0.2, 0) is 0 Å². The Morgan fingerprint density at radius 3 is 2.47 bits per heavy atom. The SMILES string of the molecule is CN1CCC(NCC2C3=C(CCC2C2(C)CCC(O)CC2CO)C(C)(C)CC3)CC1. The van der Waals surface area contributed by atoms with Gasteiger partial charge in [-0.25, -0.2) is 0 Å². The predicted octanol–water partition coefficient (Wildman–Crippen LogP) is 3.97. The number of hydrogen-bond acceptors (Lipinski definition) is 4. The highest BCUT2D eigenvalue weighted by molar-refractivity contribution is 5.32. The number of aliphatic hydroxyl groups is 2. The maximum Gasteiger partial charge on any atom is 0.0544 e. The van der Waals surface area contributed by atoms with Gasteiger partial charge < -0.3 is 20.4 Å². The number of nitrogens with zero attached hydrogens (tertiary/aromatic N) is 1. The average Bonchev–Trinajstić information content (AvgIpc) is 3.04. The average molecular weight is 419 g/mol. The molecular weight excluding hydrogens is 372 g/mol. The summed E-state index contributed by atoms with van der Waals surface area (Å²) in [7, 11) is 2.23. The number of nitrogens with one attached hydrogen (secondary N) is 1. The molecule has 5 atom stereocenters. The highest BCUT2D eigenvalue weighted by atomic mass is 16.3. The number of rotatable bonds is 5. The van der Waals surface area contributed by atoms with Crippen LogP contribution in [0.2, 0.25) is 0 Å². The van der Waals surface area contributed by atoms with Crippen molar-refractivity contribution in [1.29, 1.82) is 0 Å². The molecule has 0 spiro atoms. The van der Waals surface area contributed by atoms with Crippen LogP contribution in [0.15, 0.2) is 11.1 Å². The number of allylic oxidation sites excluding steroid dienone is 1. The van der Waals surface area contributed by atoms with Gasteiger partial charge in [-0.15, -0.1) is 0 Å². The zero-order valence-electron chi connectivity index (χ0n) is 19.9. The first-order valence-corrected chi connectivity index (χ1v) is 12.7. The summed E-state index contributed by atoms with van der Waals surface area (Å²) in [6, 6.07) is 0.650. The Balaban J connectivity index is 1.57. The van der Waals surface area contributed by atoms with E-state index in [1.807, 2.05) is 0 Å². The Hall–Kier alpha value is -0.420. The van der Waals surface area contributed by atoms with Gasteiger partial charge in [-0.1, -0.05) is 31.9 Å². The summed E-state index contributed by atoms with van der Waals surface area (Å²) in [5.74, 6) is 1.45. The highest BCUT2D eigenvalue weighted by Crippen LogP contribution is 2.59. The Bertz CT molecular complexity index is 637. The molecule has 4 nitrogen and oxygen atoms in total. The van der Waals surface area contributed by atoms with Gasteiger partial charge in [0.2, 0.25) is 0 Å². The molecule has 0 amide bonds. The molecule has 0 aromatic heterocycles. The van der Waals surface area contributed by atoms with Crippen molar-refractivity contribution in [3.05, 3.63) is 11.1 Å². The van der Waals surface area contributed by atoms with Crippen LogP contribution in [0.1, 0.15) is 78.6 Å². The summed E-state index contributed by atoms with van der Waals surface area (Å²) in [5.41, 5.74) is 4.03. The van der Waals surface area contributed by atoms with Gasteiger partial charge in [0.15, 0.2) is 0 Å². The molecule has 1 aliphatic heterocycles. The van der Waals surface area contributed by atoms with E-state index < -0.39 is 0 Å². The summed E-state index contributed by atoms with van der Waals surface area (Å²) < 4.78 is 0. The summed E-state index contributed by atoms with van der Waals surface area (Å²) >= 11 is 0. The molecule has 1 heterocycles. The minimum atomic E-state index is -0.227. The molecule has 0 aromatic carbocycles. The van der Waals surface area contributed by atoms with Crippen molar-refractivity contribution >= 4 is 0 Å². The third kappa shape index (κ3) is 4.27. The Kier molecular flexibility index (Phi) is 6.71. The molecule has 0 aromatic rings. The molecule has 3 aliphatic carbocycles. The van der Waals surface area contributed by atoms with E-state index in [4.69, 9.17) is 0 Å². The summed E-state index contributed by atoms with van der Waals surface area (Å²) in [6.07, 6.45) is 10.1. The molecule has 0 bridgehead atoms. The molecular formula is C26H46N2O2. The van der Waals surface area contributed by atoms with Crippen molar-refractivity contribution in [2.75, 3.05) is 33.3 Å². The molecule has 1 saturated carbocycles. The van der Waals surface area contributed by atoms with E-state index in [1.54, 1.807) is 11.1 Å². The van der Waals surface area contributed by atoms with Gasteiger partial charge >= 0.3 is 0 Å². The van der Waals surface area contributed by atoms with Crippen molar-refractivity contribution in [2.24, 2.45) is 28.6 Å². The molecule has 2 fully saturated rings.